The highest BCUT2D eigenvalue weighted by Crippen LogP contribution is 2.28. The van der Waals surface area contributed by atoms with Crippen molar-refractivity contribution in [3.05, 3.63) is 41.6 Å². The Morgan fingerprint density at radius 1 is 1.10 bits per heavy atom. The number of carbonyl (C=O) groups is 2. The first-order chi connectivity index (χ1) is 15.0. The van der Waals surface area contributed by atoms with Crippen molar-refractivity contribution in [1.82, 2.24) is 9.88 Å². The van der Waals surface area contributed by atoms with E-state index in [1.54, 1.807) is 14.0 Å². The van der Waals surface area contributed by atoms with E-state index in [9.17, 15) is 9.59 Å². The molecular formula is C25H34N2O4. The third-order valence-corrected chi connectivity index (χ3v) is 6.03. The molecule has 0 radical (unpaired) electrons. The first kappa shape index (κ1) is 22.9. The molecule has 6 nitrogen and oxygen atoms in total. The maximum absolute atomic E-state index is 12.7. The number of carbonyl (C=O) groups excluding carboxylic acids is 2. The van der Waals surface area contributed by atoms with Crippen molar-refractivity contribution in [2.45, 2.75) is 71.4 Å². The van der Waals surface area contributed by atoms with E-state index in [4.69, 9.17) is 9.47 Å². The SMILES string of the molecule is CCOC(=O)c1cc(-c2ccc(OC)cc2)n(CCC(=O)NC2CCCCCC2)c1C. The molecule has 0 aliphatic heterocycles. The largest absolute Gasteiger partial charge is 0.497 e. The van der Waals surface area contributed by atoms with Gasteiger partial charge >= 0.3 is 5.97 Å². The number of methoxy groups -OCH3 is 1. The molecule has 3 rings (SSSR count). The molecule has 1 aromatic carbocycles. The van der Waals surface area contributed by atoms with Gasteiger partial charge in [0.05, 0.1) is 19.3 Å². The summed E-state index contributed by atoms with van der Waals surface area (Å²) in [4.78, 5) is 25.1. The number of aromatic nitrogens is 1. The lowest BCUT2D eigenvalue weighted by atomic mass is 10.1. The van der Waals surface area contributed by atoms with E-state index < -0.39 is 0 Å². The lowest BCUT2D eigenvalue weighted by molar-refractivity contribution is -0.122. The van der Waals surface area contributed by atoms with E-state index in [0.29, 0.717) is 25.1 Å². The molecule has 31 heavy (non-hydrogen) atoms. The Labute approximate surface area is 184 Å². The number of rotatable bonds is 8. The number of ether oxygens (including phenoxy) is 2. The molecule has 0 atom stereocenters. The number of hydrogen-bond acceptors (Lipinski definition) is 4. The first-order valence-corrected chi connectivity index (χ1v) is 11.3. The Balaban J connectivity index is 1.79. The van der Waals surface area contributed by atoms with Crippen molar-refractivity contribution in [1.29, 1.82) is 0 Å². The third-order valence-electron chi connectivity index (χ3n) is 6.03. The maximum atomic E-state index is 12.7. The molecule has 1 amide bonds. The zero-order chi connectivity index (χ0) is 22.2. The summed E-state index contributed by atoms with van der Waals surface area (Å²) in [6.45, 7) is 4.53. The van der Waals surface area contributed by atoms with Gasteiger partial charge in [0.25, 0.3) is 0 Å². The van der Waals surface area contributed by atoms with E-state index >= 15 is 0 Å². The second kappa shape index (κ2) is 11.0. The molecule has 0 saturated heterocycles. The minimum absolute atomic E-state index is 0.0679. The van der Waals surface area contributed by atoms with E-state index in [1.807, 2.05) is 41.8 Å². The Kier molecular flexibility index (Phi) is 8.15. The van der Waals surface area contributed by atoms with E-state index in [0.717, 1.165) is 35.5 Å². The Hall–Kier alpha value is -2.76. The van der Waals surface area contributed by atoms with Gasteiger partial charge in [0, 0.05) is 30.4 Å². The van der Waals surface area contributed by atoms with Crippen molar-refractivity contribution in [3.63, 3.8) is 0 Å². The van der Waals surface area contributed by atoms with Crippen molar-refractivity contribution < 1.29 is 19.1 Å². The highest BCUT2D eigenvalue weighted by molar-refractivity contribution is 5.92. The van der Waals surface area contributed by atoms with Crippen LogP contribution in [-0.4, -0.2) is 36.2 Å². The molecule has 2 aromatic rings. The molecule has 1 saturated carbocycles. The molecule has 168 valence electrons. The summed E-state index contributed by atoms with van der Waals surface area (Å²) in [5, 5.41) is 3.21. The molecule has 0 spiro atoms. The molecular weight excluding hydrogens is 392 g/mol. The lowest BCUT2D eigenvalue weighted by Gasteiger charge is -2.17. The fraction of sp³-hybridized carbons (Fsp3) is 0.520. The molecule has 0 bridgehead atoms. The summed E-state index contributed by atoms with van der Waals surface area (Å²) < 4.78 is 12.5. The summed E-state index contributed by atoms with van der Waals surface area (Å²) in [7, 11) is 1.63. The monoisotopic (exact) mass is 426 g/mol. The second-order valence-corrected chi connectivity index (χ2v) is 8.14. The zero-order valence-electron chi connectivity index (χ0n) is 18.9. The fourth-order valence-corrected chi connectivity index (χ4v) is 4.29. The van der Waals surface area contributed by atoms with Gasteiger partial charge in [-0.2, -0.15) is 0 Å². The summed E-state index contributed by atoms with van der Waals surface area (Å²) >= 11 is 0. The maximum Gasteiger partial charge on any atom is 0.339 e. The van der Waals surface area contributed by atoms with Gasteiger partial charge in [-0.15, -0.1) is 0 Å². The van der Waals surface area contributed by atoms with Gasteiger partial charge in [0.1, 0.15) is 5.75 Å². The number of esters is 1. The molecule has 1 fully saturated rings. The van der Waals surface area contributed by atoms with Gasteiger partial charge in [-0.05, 0) is 62.6 Å². The van der Waals surface area contributed by atoms with Crippen molar-refractivity contribution in [2.75, 3.05) is 13.7 Å². The minimum atomic E-state index is -0.337. The van der Waals surface area contributed by atoms with Crippen LogP contribution in [0.2, 0.25) is 0 Å². The molecule has 6 heteroatoms. The molecule has 1 aliphatic rings. The minimum Gasteiger partial charge on any atom is -0.497 e. The van der Waals surface area contributed by atoms with Gasteiger partial charge in [-0.25, -0.2) is 4.79 Å². The zero-order valence-corrected chi connectivity index (χ0v) is 18.9. The molecule has 1 aromatic heterocycles. The van der Waals surface area contributed by atoms with Crippen LogP contribution in [0.15, 0.2) is 30.3 Å². The normalized spacial score (nSPS) is 14.7. The van der Waals surface area contributed by atoms with Gasteiger partial charge in [-0.3, -0.25) is 4.79 Å². The number of nitrogens with one attached hydrogen (secondary N) is 1. The van der Waals surface area contributed by atoms with E-state index in [2.05, 4.69) is 5.32 Å². The number of benzene rings is 1. The Bertz CT molecular complexity index is 878. The highest BCUT2D eigenvalue weighted by Gasteiger charge is 2.21. The number of amides is 1. The summed E-state index contributed by atoms with van der Waals surface area (Å²) in [6.07, 6.45) is 7.40. The van der Waals surface area contributed by atoms with Crippen LogP contribution < -0.4 is 10.1 Å². The van der Waals surface area contributed by atoms with Crippen LogP contribution >= 0.6 is 0 Å². The number of nitrogens with zero attached hydrogens (tertiary/aromatic N) is 1. The van der Waals surface area contributed by atoms with Gasteiger partial charge in [-0.1, -0.05) is 25.7 Å². The molecule has 1 N–H and O–H groups in total. The topological polar surface area (TPSA) is 69.6 Å². The van der Waals surface area contributed by atoms with Crippen molar-refractivity contribution >= 4 is 11.9 Å². The fourth-order valence-electron chi connectivity index (χ4n) is 4.29. The van der Waals surface area contributed by atoms with Crippen LogP contribution in [0.1, 0.15) is 67.9 Å². The lowest BCUT2D eigenvalue weighted by Crippen LogP contribution is -2.34. The number of hydrogen-bond donors (Lipinski definition) is 1. The van der Waals surface area contributed by atoms with Gasteiger partial charge < -0.3 is 19.4 Å². The van der Waals surface area contributed by atoms with Crippen molar-refractivity contribution in [3.8, 4) is 17.0 Å². The highest BCUT2D eigenvalue weighted by atomic mass is 16.5. The molecule has 0 unspecified atom stereocenters. The predicted molar refractivity (Wildman–Crippen MR) is 121 cm³/mol. The molecule has 1 heterocycles. The van der Waals surface area contributed by atoms with Gasteiger partial charge in [0.15, 0.2) is 0 Å². The van der Waals surface area contributed by atoms with Gasteiger partial charge in [0.2, 0.25) is 5.91 Å². The molecule has 1 aliphatic carbocycles. The summed E-state index contributed by atoms with van der Waals surface area (Å²) in [6, 6.07) is 9.86. The van der Waals surface area contributed by atoms with E-state index in [1.165, 1.54) is 25.7 Å². The van der Waals surface area contributed by atoms with Crippen LogP contribution in [0.25, 0.3) is 11.3 Å². The van der Waals surface area contributed by atoms with Crippen molar-refractivity contribution in [2.24, 2.45) is 0 Å². The van der Waals surface area contributed by atoms with Crippen LogP contribution in [0, 0.1) is 6.92 Å². The van der Waals surface area contributed by atoms with Crippen LogP contribution in [0.3, 0.4) is 0 Å². The van der Waals surface area contributed by atoms with Crippen LogP contribution in [0.4, 0.5) is 0 Å². The first-order valence-electron chi connectivity index (χ1n) is 11.3. The Morgan fingerprint density at radius 3 is 2.39 bits per heavy atom. The van der Waals surface area contributed by atoms with Crippen LogP contribution in [0.5, 0.6) is 5.75 Å². The quantitative estimate of drug-likeness (QED) is 0.483. The Morgan fingerprint density at radius 2 is 1.77 bits per heavy atom. The van der Waals surface area contributed by atoms with Crippen LogP contribution in [-0.2, 0) is 16.1 Å². The predicted octanol–water partition coefficient (Wildman–Crippen LogP) is 4.88. The second-order valence-electron chi connectivity index (χ2n) is 8.14. The average molecular weight is 427 g/mol. The smallest absolute Gasteiger partial charge is 0.339 e. The average Bonchev–Trinajstić information content (AvgIpc) is 2.92. The summed E-state index contributed by atoms with van der Waals surface area (Å²) in [5.74, 6) is 0.502. The van der Waals surface area contributed by atoms with E-state index in [-0.39, 0.29) is 17.9 Å². The summed E-state index contributed by atoms with van der Waals surface area (Å²) in [5.41, 5.74) is 3.21. The standard InChI is InChI=1S/C25H34N2O4/c1-4-31-25(29)22-17-23(19-11-13-21(30-3)14-12-19)27(18(22)2)16-15-24(28)26-20-9-7-5-6-8-10-20/h11-14,17,20H,4-10,15-16H2,1-3H3,(H,26,28). The third kappa shape index (κ3) is 5.90.